The number of carbonyl (C=O) groups excluding carboxylic acids is 1. The van der Waals surface area contributed by atoms with Crippen molar-refractivity contribution >= 4 is 5.97 Å². The van der Waals surface area contributed by atoms with Gasteiger partial charge >= 0.3 is 5.97 Å². The molecule has 142 valence electrons. The molecule has 1 N–H and O–H groups in total. The van der Waals surface area contributed by atoms with E-state index in [1.54, 1.807) is 13.0 Å². The number of rotatable bonds is 15. The third kappa shape index (κ3) is 20.3. The quantitative estimate of drug-likeness (QED) is 0.180. The van der Waals surface area contributed by atoms with Crippen LogP contribution in [0, 0.1) is 0 Å². The van der Waals surface area contributed by atoms with Crippen LogP contribution in [-0.4, -0.2) is 23.8 Å². The molecule has 0 rings (SSSR count). The van der Waals surface area contributed by atoms with E-state index in [0.29, 0.717) is 6.61 Å². The lowest BCUT2D eigenvalue weighted by atomic mass is 10.1. The standard InChI is InChI=1S/C22H36O3/c1-3-25-22(24)20-18-16-14-12-10-8-6-4-5-7-9-11-13-15-17-19-21(2)23/h6,8,10,12,14,16,18,20-21,23H,3-5,7,9,11,13,15,17,19H2,1-2H3/b8-6+,12-10+,16-14+,20-18+. The topological polar surface area (TPSA) is 46.5 Å². The summed E-state index contributed by atoms with van der Waals surface area (Å²) in [5.74, 6) is -0.309. The number of hydrogen-bond donors (Lipinski definition) is 1. The highest BCUT2D eigenvalue weighted by atomic mass is 16.5. The Labute approximate surface area is 154 Å². The van der Waals surface area contributed by atoms with E-state index < -0.39 is 0 Å². The van der Waals surface area contributed by atoms with Crippen molar-refractivity contribution in [2.24, 2.45) is 0 Å². The molecule has 0 spiro atoms. The van der Waals surface area contributed by atoms with Crippen LogP contribution in [-0.2, 0) is 9.53 Å². The fourth-order valence-electron chi connectivity index (χ4n) is 2.34. The summed E-state index contributed by atoms with van der Waals surface area (Å²) in [7, 11) is 0. The first kappa shape index (κ1) is 23.4. The van der Waals surface area contributed by atoms with Crippen LogP contribution in [0.4, 0.5) is 0 Å². The van der Waals surface area contributed by atoms with Crippen molar-refractivity contribution in [2.75, 3.05) is 6.61 Å². The summed E-state index contributed by atoms with van der Waals surface area (Å²) in [4.78, 5) is 11.0. The zero-order valence-corrected chi connectivity index (χ0v) is 16.0. The third-order valence-electron chi connectivity index (χ3n) is 3.70. The number of allylic oxidation sites excluding steroid dienone is 7. The summed E-state index contributed by atoms with van der Waals surface area (Å²) in [6, 6.07) is 0. The molecule has 25 heavy (non-hydrogen) atoms. The summed E-state index contributed by atoms with van der Waals surface area (Å²) in [6.07, 6.45) is 25.8. The fraction of sp³-hybridized carbons (Fsp3) is 0.591. The van der Waals surface area contributed by atoms with Crippen LogP contribution in [0.1, 0.15) is 71.6 Å². The van der Waals surface area contributed by atoms with Gasteiger partial charge in [0, 0.05) is 6.08 Å². The molecule has 3 heteroatoms. The van der Waals surface area contributed by atoms with Crippen molar-refractivity contribution in [3.05, 3.63) is 48.6 Å². The lowest BCUT2D eigenvalue weighted by Gasteiger charge is -2.03. The molecule has 0 heterocycles. The van der Waals surface area contributed by atoms with Crippen molar-refractivity contribution in [3.63, 3.8) is 0 Å². The van der Waals surface area contributed by atoms with Gasteiger partial charge < -0.3 is 9.84 Å². The molecule has 1 unspecified atom stereocenters. The SMILES string of the molecule is CCOC(=O)/C=C/C=C/C=C/C=C/CCCCCCCCCC(C)O. The second-order valence-corrected chi connectivity index (χ2v) is 6.21. The smallest absolute Gasteiger partial charge is 0.330 e. The summed E-state index contributed by atoms with van der Waals surface area (Å²) < 4.78 is 4.78. The van der Waals surface area contributed by atoms with Crippen LogP contribution in [0.3, 0.4) is 0 Å². The Morgan fingerprint density at radius 1 is 0.880 bits per heavy atom. The van der Waals surface area contributed by atoms with Crippen LogP contribution >= 0.6 is 0 Å². The van der Waals surface area contributed by atoms with E-state index >= 15 is 0 Å². The molecule has 0 aliphatic carbocycles. The van der Waals surface area contributed by atoms with Crippen LogP contribution < -0.4 is 0 Å². The van der Waals surface area contributed by atoms with Gasteiger partial charge in [0.2, 0.25) is 0 Å². The lowest BCUT2D eigenvalue weighted by molar-refractivity contribution is -0.137. The molecule has 0 aromatic heterocycles. The molecule has 0 aliphatic heterocycles. The maximum atomic E-state index is 11.0. The van der Waals surface area contributed by atoms with Crippen molar-refractivity contribution in [1.82, 2.24) is 0 Å². The predicted octanol–water partition coefficient (Wildman–Crippen LogP) is 5.67. The van der Waals surface area contributed by atoms with E-state index in [1.807, 2.05) is 31.2 Å². The Kier molecular flexibility index (Phi) is 17.5. The van der Waals surface area contributed by atoms with Gasteiger partial charge in [-0.1, -0.05) is 81.1 Å². The molecule has 0 saturated heterocycles. The summed E-state index contributed by atoms with van der Waals surface area (Å²) >= 11 is 0. The fourth-order valence-corrected chi connectivity index (χ4v) is 2.34. The number of ether oxygens (including phenoxy) is 1. The minimum atomic E-state index is -0.309. The largest absolute Gasteiger partial charge is 0.463 e. The zero-order chi connectivity index (χ0) is 18.6. The number of aliphatic hydroxyl groups is 1. The highest BCUT2D eigenvalue weighted by molar-refractivity contribution is 5.82. The van der Waals surface area contributed by atoms with E-state index in [2.05, 4.69) is 12.2 Å². The molecule has 0 bridgehead atoms. The maximum absolute atomic E-state index is 11.0. The summed E-state index contributed by atoms with van der Waals surface area (Å²) in [5.41, 5.74) is 0. The third-order valence-corrected chi connectivity index (χ3v) is 3.70. The van der Waals surface area contributed by atoms with Gasteiger partial charge in [-0.15, -0.1) is 0 Å². The van der Waals surface area contributed by atoms with Gasteiger partial charge in [-0.25, -0.2) is 4.79 Å². The minimum Gasteiger partial charge on any atom is -0.463 e. The average molecular weight is 349 g/mol. The second-order valence-electron chi connectivity index (χ2n) is 6.21. The Bertz CT molecular complexity index is 417. The molecule has 0 amide bonds. The molecule has 0 aromatic carbocycles. The molecule has 3 nitrogen and oxygen atoms in total. The summed E-state index contributed by atoms with van der Waals surface area (Å²) in [5, 5.41) is 9.17. The molecule has 1 atom stereocenters. The van der Waals surface area contributed by atoms with Crippen LogP contribution in [0.2, 0.25) is 0 Å². The van der Waals surface area contributed by atoms with E-state index in [0.717, 1.165) is 19.3 Å². The highest BCUT2D eigenvalue weighted by Crippen LogP contribution is 2.10. The number of carbonyl (C=O) groups is 1. The van der Waals surface area contributed by atoms with Crippen molar-refractivity contribution in [2.45, 2.75) is 77.7 Å². The van der Waals surface area contributed by atoms with Crippen molar-refractivity contribution < 1.29 is 14.6 Å². The van der Waals surface area contributed by atoms with Gasteiger partial charge in [0.1, 0.15) is 0 Å². The molecular formula is C22H36O3. The molecule has 0 aromatic rings. The number of esters is 1. The highest BCUT2D eigenvalue weighted by Gasteiger charge is 1.95. The molecule has 0 radical (unpaired) electrons. The Balaban J connectivity index is 3.44. The van der Waals surface area contributed by atoms with Crippen LogP contribution in [0.5, 0.6) is 0 Å². The molecule has 0 saturated carbocycles. The Morgan fingerprint density at radius 3 is 2.08 bits per heavy atom. The van der Waals surface area contributed by atoms with Crippen molar-refractivity contribution in [3.8, 4) is 0 Å². The molecule has 0 aliphatic rings. The van der Waals surface area contributed by atoms with E-state index in [4.69, 9.17) is 4.74 Å². The Morgan fingerprint density at radius 2 is 1.44 bits per heavy atom. The first-order valence-electron chi connectivity index (χ1n) is 9.68. The van der Waals surface area contributed by atoms with Crippen LogP contribution in [0.15, 0.2) is 48.6 Å². The van der Waals surface area contributed by atoms with Gasteiger partial charge in [0.15, 0.2) is 0 Å². The maximum Gasteiger partial charge on any atom is 0.330 e. The minimum absolute atomic E-state index is 0.141. The average Bonchev–Trinajstić information content (AvgIpc) is 2.57. The molecule has 0 fully saturated rings. The van der Waals surface area contributed by atoms with Gasteiger partial charge in [-0.2, -0.15) is 0 Å². The zero-order valence-electron chi connectivity index (χ0n) is 16.0. The van der Waals surface area contributed by atoms with Gasteiger partial charge in [-0.05, 0) is 33.1 Å². The molecular weight excluding hydrogens is 312 g/mol. The lowest BCUT2D eigenvalue weighted by Crippen LogP contribution is -1.98. The predicted molar refractivity (Wildman–Crippen MR) is 106 cm³/mol. The van der Waals surface area contributed by atoms with Gasteiger partial charge in [-0.3, -0.25) is 0 Å². The van der Waals surface area contributed by atoms with Gasteiger partial charge in [0.25, 0.3) is 0 Å². The monoisotopic (exact) mass is 348 g/mol. The number of unbranched alkanes of at least 4 members (excludes halogenated alkanes) is 7. The number of hydrogen-bond acceptors (Lipinski definition) is 3. The first-order valence-corrected chi connectivity index (χ1v) is 9.68. The van der Waals surface area contributed by atoms with Crippen molar-refractivity contribution in [1.29, 1.82) is 0 Å². The number of aliphatic hydroxyl groups excluding tert-OH is 1. The van der Waals surface area contributed by atoms with Gasteiger partial charge in [0.05, 0.1) is 12.7 Å². The van der Waals surface area contributed by atoms with E-state index in [-0.39, 0.29) is 12.1 Å². The Hall–Kier alpha value is -1.61. The second kappa shape index (κ2) is 18.7. The first-order chi connectivity index (χ1) is 12.2. The van der Waals surface area contributed by atoms with Crippen LogP contribution in [0.25, 0.3) is 0 Å². The van der Waals surface area contributed by atoms with E-state index in [1.165, 1.54) is 44.6 Å². The summed E-state index contributed by atoms with van der Waals surface area (Å²) in [6.45, 7) is 4.06. The van der Waals surface area contributed by atoms with E-state index in [9.17, 15) is 9.90 Å². The normalized spacial score (nSPS) is 13.6.